The topological polar surface area (TPSA) is 45.1 Å². The normalized spacial score (nSPS) is 21.1. The van der Waals surface area contributed by atoms with Crippen LogP contribution in [-0.2, 0) is 4.74 Å². The van der Waals surface area contributed by atoms with Gasteiger partial charge in [-0.1, -0.05) is 70.5 Å². The van der Waals surface area contributed by atoms with Crippen LogP contribution in [0, 0.1) is 5.41 Å². The van der Waals surface area contributed by atoms with Crippen molar-refractivity contribution in [2.45, 2.75) is 84.0 Å². The molecule has 1 heterocycles. The van der Waals surface area contributed by atoms with Crippen molar-refractivity contribution in [3.63, 3.8) is 0 Å². The number of hydrogen-bond donors (Lipinski definition) is 1. The summed E-state index contributed by atoms with van der Waals surface area (Å²) < 4.78 is 6.04. The monoisotopic (exact) mass is 400 g/mol. The van der Waals surface area contributed by atoms with E-state index in [2.05, 4.69) is 39.3 Å². The molecule has 1 fully saturated rings. The van der Waals surface area contributed by atoms with E-state index >= 15 is 0 Å². The summed E-state index contributed by atoms with van der Waals surface area (Å²) in [7, 11) is 1.82. The number of rotatable bonds is 11. The number of nitrogens with zero attached hydrogens (tertiary/aromatic N) is 2. The lowest BCUT2D eigenvalue weighted by Gasteiger charge is -2.41. The summed E-state index contributed by atoms with van der Waals surface area (Å²) in [5.41, 5.74) is 1.06. The SMILES string of the molecule is C=C[C@](C)(CCC)[C@@H](O)/C(=N/N1CCC[C@H]1C(CC)(CC)OC)c1ccccc1. The van der Waals surface area contributed by atoms with Gasteiger partial charge in [-0.25, -0.2) is 0 Å². The van der Waals surface area contributed by atoms with Gasteiger partial charge in [-0.05, 0) is 32.1 Å². The Morgan fingerprint density at radius 2 is 1.97 bits per heavy atom. The zero-order chi connectivity index (χ0) is 21.5. The Labute approximate surface area is 177 Å². The van der Waals surface area contributed by atoms with E-state index in [1.54, 1.807) is 0 Å². The van der Waals surface area contributed by atoms with E-state index in [1.807, 2.05) is 43.5 Å². The van der Waals surface area contributed by atoms with E-state index in [0.717, 1.165) is 56.3 Å². The van der Waals surface area contributed by atoms with Gasteiger partial charge in [0.15, 0.2) is 0 Å². The average Bonchev–Trinajstić information content (AvgIpc) is 3.23. The predicted molar refractivity (Wildman–Crippen MR) is 122 cm³/mol. The van der Waals surface area contributed by atoms with Crippen molar-refractivity contribution >= 4 is 5.71 Å². The van der Waals surface area contributed by atoms with Crippen molar-refractivity contribution in [2.75, 3.05) is 13.7 Å². The molecule has 0 saturated carbocycles. The summed E-state index contributed by atoms with van der Waals surface area (Å²) in [6.07, 6.45) is 7.05. The predicted octanol–water partition coefficient (Wildman–Crippen LogP) is 5.41. The molecule has 0 spiro atoms. The van der Waals surface area contributed by atoms with Crippen molar-refractivity contribution in [2.24, 2.45) is 10.5 Å². The minimum Gasteiger partial charge on any atom is -0.386 e. The molecule has 0 bridgehead atoms. The lowest BCUT2D eigenvalue weighted by molar-refractivity contribution is -0.0734. The highest BCUT2D eigenvalue weighted by molar-refractivity contribution is 6.04. The third-order valence-electron chi connectivity index (χ3n) is 6.88. The van der Waals surface area contributed by atoms with Crippen LogP contribution >= 0.6 is 0 Å². The Morgan fingerprint density at radius 1 is 1.31 bits per heavy atom. The summed E-state index contributed by atoms with van der Waals surface area (Å²) in [6.45, 7) is 13.5. The lowest BCUT2D eigenvalue weighted by atomic mass is 9.77. The highest BCUT2D eigenvalue weighted by Gasteiger charge is 2.43. The summed E-state index contributed by atoms with van der Waals surface area (Å²) in [6, 6.07) is 10.3. The lowest BCUT2D eigenvalue weighted by Crippen LogP contribution is -2.49. The molecule has 0 aliphatic carbocycles. The van der Waals surface area contributed by atoms with E-state index < -0.39 is 11.5 Å². The first-order valence-electron chi connectivity index (χ1n) is 11.2. The molecule has 0 unspecified atom stereocenters. The summed E-state index contributed by atoms with van der Waals surface area (Å²) in [5.74, 6) is 0. The van der Waals surface area contributed by atoms with Crippen molar-refractivity contribution in [3.05, 3.63) is 48.6 Å². The smallest absolute Gasteiger partial charge is 0.107 e. The van der Waals surface area contributed by atoms with Crippen molar-refractivity contribution in [1.82, 2.24) is 5.01 Å². The zero-order valence-electron chi connectivity index (χ0n) is 19.0. The standard InChI is InChI=1S/C25H40N2O2/c1-7-18-24(5,8-2)23(28)22(20-15-12-11-13-16-20)26-27-19-14-17-21(27)25(9-3,10-4)29-6/h8,11-13,15-16,21,23,28H,2,7,9-10,14,17-19H2,1,3-6H3/b26-22+/t21-,23-,24+/m0/s1. The second kappa shape index (κ2) is 10.4. The van der Waals surface area contributed by atoms with Gasteiger partial charge in [0.2, 0.25) is 0 Å². The van der Waals surface area contributed by atoms with Crippen molar-refractivity contribution < 1.29 is 9.84 Å². The van der Waals surface area contributed by atoms with Crippen LogP contribution in [0.1, 0.15) is 71.8 Å². The first-order chi connectivity index (χ1) is 13.9. The van der Waals surface area contributed by atoms with Crippen molar-refractivity contribution in [1.29, 1.82) is 0 Å². The molecule has 29 heavy (non-hydrogen) atoms. The van der Waals surface area contributed by atoms with Crippen LogP contribution < -0.4 is 0 Å². The fourth-order valence-electron chi connectivity index (χ4n) is 4.77. The molecule has 4 heteroatoms. The Hall–Kier alpha value is -1.65. The third-order valence-corrected chi connectivity index (χ3v) is 6.88. The van der Waals surface area contributed by atoms with Crippen LogP contribution in [0.3, 0.4) is 0 Å². The van der Waals surface area contributed by atoms with Gasteiger partial charge < -0.3 is 9.84 Å². The molecular weight excluding hydrogens is 360 g/mol. The minimum atomic E-state index is -0.719. The van der Waals surface area contributed by atoms with E-state index in [-0.39, 0.29) is 11.6 Å². The maximum atomic E-state index is 11.5. The van der Waals surface area contributed by atoms with E-state index in [9.17, 15) is 5.11 Å². The van der Waals surface area contributed by atoms with Crippen LogP contribution in [-0.4, -0.2) is 47.2 Å². The molecular formula is C25H40N2O2. The molecule has 4 nitrogen and oxygen atoms in total. The van der Waals surface area contributed by atoms with E-state index in [4.69, 9.17) is 9.84 Å². The molecule has 1 aliphatic heterocycles. The molecule has 0 amide bonds. The number of benzene rings is 1. The van der Waals surface area contributed by atoms with E-state index in [1.165, 1.54) is 0 Å². The highest BCUT2D eigenvalue weighted by atomic mass is 16.5. The molecule has 1 aromatic carbocycles. The molecule has 0 aromatic heterocycles. The fourth-order valence-corrected chi connectivity index (χ4v) is 4.77. The Balaban J connectivity index is 2.51. The van der Waals surface area contributed by atoms with E-state index in [0.29, 0.717) is 0 Å². The van der Waals surface area contributed by atoms with Gasteiger partial charge in [-0.2, -0.15) is 5.10 Å². The van der Waals surface area contributed by atoms with Crippen LogP contribution in [0.4, 0.5) is 0 Å². The first kappa shape index (κ1) is 23.6. The largest absolute Gasteiger partial charge is 0.386 e. The van der Waals surface area contributed by atoms with Gasteiger partial charge in [0.05, 0.1) is 17.4 Å². The van der Waals surface area contributed by atoms with Crippen LogP contribution in [0.5, 0.6) is 0 Å². The summed E-state index contributed by atoms with van der Waals surface area (Å²) in [5, 5.41) is 18.8. The maximum Gasteiger partial charge on any atom is 0.107 e. The number of hydrogen-bond acceptors (Lipinski definition) is 4. The third kappa shape index (κ3) is 4.92. The molecule has 1 saturated heterocycles. The molecule has 1 aromatic rings. The minimum absolute atomic E-state index is 0.210. The number of methoxy groups -OCH3 is 1. The molecule has 1 N–H and O–H groups in total. The Kier molecular flexibility index (Phi) is 8.47. The first-order valence-corrected chi connectivity index (χ1v) is 11.2. The molecule has 2 rings (SSSR count). The molecule has 3 atom stereocenters. The Morgan fingerprint density at radius 3 is 2.48 bits per heavy atom. The van der Waals surface area contributed by atoms with Gasteiger partial charge in [0.25, 0.3) is 0 Å². The van der Waals surface area contributed by atoms with Crippen LogP contribution in [0.25, 0.3) is 0 Å². The van der Waals surface area contributed by atoms with Crippen LogP contribution in [0.15, 0.2) is 48.1 Å². The zero-order valence-corrected chi connectivity index (χ0v) is 19.0. The number of aliphatic hydroxyl groups excluding tert-OH is 1. The number of hydrazone groups is 1. The molecule has 1 aliphatic rings. The van der Waals surface area contributed by atoms with Gasteiger partial charge in [-0.3, -0.25) is 5.01 Å². The van der Waals surface area contributed by atoms with Crippen LogP contribution in [0.2, 0.25) is 0 Å². The van der Waals surface area contributed by atoms with Gasteiger partial charge in [0.1, 0.15) is 6.10 Å². The fraction of sp³-hybridized carbons (Fsp3) is 0.640. The summed E-state index contributed by atoms with van der Waals surface area (Å²) >= 11 is 0. The van der Waals surface area contributed by atoms with Gasteiger partial charge in [-0.15, -0.1) is 6.58 Å². The second-order valence-corrected chi connectivity index (χ2v) is 8.51. The summed E-state index contributed by atoms with van der Waals surface area (Å²) in [4.78, 5) is 0. The quantitative estimate of drug-likeness (QED) is 0.399. The number of aliphatic hydroxyl groups is 1. The highest BCUT2D eigenvalue weighted by Crippen LogP contribution is 2.36. The molecule has 0 radical (unpaired) electrons. The molecule has 162 valence electrons. The second-order valence-electron chi connectivity index (χ2n) is 8.51. The Bertz CT molecular complexity index is 660. The average molecular weight is 401 g/mol. The number of ether oxygens (including phenoxy) is 1. The maximum absolute atomic E-state index is 11.5. The van der Waals surface area contributed by atoms with Crippen molar-refractivity contribution in [3.8, 4) is 0 Å². The van der Waals surface area contributed by atoms with Gasteiger partial charge >= 0.3 is 0 Å². The van der Waals surface area contributed by atoms with Gasteiger partial charge in [0, 0.05) is 24.6 Å².